The van der Waals surface area contributed by atoms with Gasteiger partial charge in [-0.15, -0.1) is 0 Å². The van der Waals surface area contributed by atoms with Crippen LogP contribution in [0.4, 0.5) is 4.39 Å². The fraction of sp³-hybridized carbons (Fsp3) is 0.538. The second-order valence-corrected chi connectivity index (χ2v) is 4.57. The molecule has 0 atom stereocenters. The van der Waals surface area contributed by atoms with Crippen molar-refractivity contribution in [2.45, 2.75) is 13.3 Å². The van der Waals surface area contributed by atoms with Gasteiger partial charge in [0.05, 0.1) is 19.8 Å². The molecule has 1 aliphatic heterocycles. The minimum Gasteiger partial charge on any atom is -0.491 e. The van der Waals surface area contributed by atoms with Gasteiger partial charge in [0, 0.05) is 12.0 Å². The number of hydrogen-bond donors (Lipinski definition) is 1. The molecule has 0 amide bonds. The van der Waals surface area contributed by atoms with Crippen LogP contribution in [0.15, 0.2) is 18.2 Å². The van der Waals surface area contributed by atoms with E-state index < -0.39 is 0 Å². The Morgan fingerprint density at radius 3 is 2.71 bits per heavy atom. The van der Waals surface area contributed by atoms with E-state index in [0.717, 1.165) is 12.0 Å². The molecule has 2 N–H and O–H groups in total. The molecule has 1 heterocycles. The van der Waals surface area contributed by atoms with Crippen LogP contribution in [0.5, 0.6) is 5.75 Å². The van der Waals surface area contributed by atoms with Crippen molar-refractivity contribution in [1.29, 1.82) is 0 Å². The Labute approximate surface area is 101 Å². The maximum Gasteiger partial charge on any atom is 0.165 e. The standard InChI is InChI=1S/C13H18FNO2/c1-2-17-12-4-3-10(5-11(12)14)6-13(7-15)8-16-9-13/h3-5H,2,6-9,15H2,1H3. The fourth-order valence-electron chi connectivity index (χ4n) is 2.04. The van der Waals surface area contributed by atoms with Gasteiger partial charge in [0.2, 0.25) is 0 Å². The largest absolute Gasteiger partial charge is 0.491 e. The summed E-state index contributed by atoms with van der Waals surface area (Å²) in [5.41, 5.74) is 6.68. The molecule has 1 saturated heterocycles. The van der Waals surface area contributed by atoms with Gasteiger partial charge in [0.15, 0.2) is 11.6 Å². The van der Waals surface area contributed by atoms with Gasteiger partial charge < -0.3 is 15.2 Å². The summed E-state index contributed by atoms with van der Waals surface area (Å²) < 4.78 is 24.0. The maximum absolute atomic E-state index is 13.7. The molecule has 3 nitrogen and oxygen atoms in total. The van der Waals surface area contributed by atoms with Crippen molar-refractivity contribution in [3.8, 4) is 5.75 Å². The average Bonchev–Trinajstić information content (AvgIpc) is 2.27. The van der Waals surface area contributed by atoms with Gasteiger partial charge >= 0.3 is 0 Å². The summed E-state index contributed by atoms with van der Waals surface area (Å²) in [6.45, 7) is 4.21. The maximum atomic E-state index is 13.7. The first kappa shape index (κ1) is 12.3. The van der Waals surface area contributed by atoms with Gasteiger partial charge in [-0.05, 0) is 31.0 Å². The number of hydrogen-bond acceptors (Lipinski definition) is 3. The smallest absolute Gasteiger partial charge is 0.165 e. The molecule has 94 valence electrons. The number of benzene rings is 1. The highest BCUT2D eigenvalue weighted by atomic mass is 19.1. The first-order chi connectivity index (χ1) is 8.19. The molecule has 1 aromatic carbocycles. The van der Waals surface area contributed by atoms with Crippen LogP contribution in [0.2, 0.25) is 0 Å². The van der Waals surface area contributed by atoms with Crippen molar-refractivity contribution in [3.05, 3.63) is 29.6 Å². The molecule has 2 rings (SSSR count). The zero-order valence-electron chi connectivity index (χ0n) is 10.0. The van der Waals surface area contributed by atoms with Crippen LogP contribution < -0.4 is 10.5 Å². The van der Waals surface area contributed by atoms with Crippen molar-refractivity contribution < 1.29 is 13.9 Å². The van der Waals surface area contributed by atoms with Crippen LogP contribution in [0, 0.1) is 11.2 Å². The summed E-state index contributed by atoms with van der Waals surface area (Å²) in [7, 11) is 0. The Morgan fingerprint density at radius 2 is 2.24 bits per heavy atom. The minimum atomic E-state index is -0.309. The van der Waals surface area contributed by atoms with Gasteiger partial charge in [-0.2, -0.15) is 0 Å². The monoisotopic (exact) mass is 239 g/mol. The summed E-state index contributed by atoms with van der Waals surface area (Å²) in [4.78, 5) is 0. The molecule has 17 heavy (non-hydrogen) atoms. The van der Waals surface area contributed by atoms with E-state index in [2.05, 4.69) is 0 Å². The Kier molecular flexibility index (Phi) is 3.64. The molecule has 0 spiro atoms. The predicted molar refractivity (Wildman–Crippen MR) is 63.6 cm³/mol. The summed E-state index contributed by atoms with van der Waals surface area (Å²) >= 11 is 0. The van der Waals surface area contributed by atoms with Crippen LogP contribution in [0.3, 0.4) is 0 Å². The highest BCUT2D eigenvalue weighted by molar-refractivity contribution is 5.30. The summed E-state index contributed by atoms with van der Waals surface area (Å²) in [5.74, 6) is -0.000304. The molecular formula is C13H18FNO2. The highest BCUT2D eigenvalue weighted by Gasteiger charge is 2.37. The van der Waals surface area contributed by atoms with E-state index in [-0.39, 0.29) is 11.2 Å². The van der Waals surface area contributed by atoms with Crippen LogP contribution >= 0.6 is 0 Å². The molecule has 1 aliphatic rings. The number of nitrogens with two attached hydrogens (primary N) is 1. The van der Waals surface area contributed by atoms with E-state index in [0.29, 0.717) is 32.1 Å². The van der Waals surface area contributed by atoms with Crippen LogP contribution in [-0.2, 0) is 11.2 Å². The van der Waals surface area contributed by atoms with Crippen LogP contribution in [0.1, 0.15) is 12.5 Å². The molecule has 0 aromatic heterocycles. The molecule has 4 heteroatoms. The Morgan fingerprint density at radius 1 is 1.47 bits per heavy atom. The van der Waals surface area contributed by atoms with Gasteiger partial charge in [-0.25, -0.2) is 4.39 Å². The minimum absolute atomic E-state index is 0.000426. The molecule has 0 radical (unpaired) electrons. The second kappa shape index (κ2) is 5.02. The van der Waals surface area contributed by atoms with Crippen molar-refractivity contribution in [3.63, 3.8) is 0 Å². The Bertz CT molecular complexity index is 385. The summed E-state index contributed by atoms with van der Waals surface area (Å²) in [6, 6.07) is 5.10. The fourth-order valence-corrected chi connectivity index (χ4v) is 2.04. The van der Waals surface area contributed by atoms with E-state index in [9.17, 15) is 4.39 Å². The zero-order valence-corrected chi connectivity index (χ0v) is 10.0. The summed E-state index contributed by atoms with van der Waals surface area (Å²) in [5, 5.41) is 0. The quantitative estimate of drug-likeness (QED) is 0.851. The lowest BCUT2D eigenvalue weighted by Gasteiger charge is -2.40. The van der Waals surface area contributed by atoms with Crippen molar-refractivity contribution in [2.24, 2.45) is 11.1 Å². The van der Waals surface area contributed by atoms with E-state index in [4.69, 9.17) is 15.2 Å². The third-order valence-electron chi connectivity index (χ3n) is 3.12. The molecule has 0 aliphatic carbocycles. The molecular weight excluding hydrogens is 221 g/mol. The van der Waals surface area contributed by atoms with E-state index in [1.807, 2.05) is 13.0 Å². The van der Waals surface area contributed by atoms with Gasteiger partial charge in [-0.1, -0.05) is 6.07 Å². The van der Waals surface area contributed by atoms with Crippen LogP contribution in [-0.4, -0.2) is 26.4 Å². The second-order valence-electron chi connectivity index (χ2n) is 4.57. The topological polar surface area (TPSA) is 44.5 Å². The molecule has 0 bridgehead atoms. The van der Waals surface area contributed by atoms with Gasteiger partial charge in [0.25, 0.3) is 0 Å². The molecule has 1 aromatic rings. The van der Waals surface area contributed by atoms with E-state index in [1.165, 1.54) is 6.07 Å². The Hall–Kier alpha value is -1.13. The lowest BCUT2D eigenvalue weighted by molar-refractivity contribution is -0.106. The van der Waals surface area contributed by atoms with Crippen molar-refractivity contribution >= 4 is 0 Å². The third kappa shape index (κ3) is 2.58. The predicted octanol–water partition coefficient (Wildman–Crippen LogP) is 1.74. The number of rotatable bonds is 5. The lowest BCUT2D eigenvalue weighted by atomic mass is 9.80. The van der Waals surface area contributed by atoms with Gasteiger partial charge in [-0.3, -0.25) is 0 Å². The Balaban J connectivity index is 2.09. The summed E-state index contributed by atoms with van der Waals surface area (Å²) in [6.07, 6.45) is 0.757. The average molecular weight is 239 g/mol. The van der Waals surface area contributed by atoms with Crippen molar-refractivity contribution in [1.82, 2.24) is 0 Å². The van der Waals surface area contributed by atoms with E-state index in [1.54, 1.807) is 6.07 Å². The number of ether oxygens (including phenoxy) is 2. The number of halogens is 1. The molecule has 1 fully saturated rings. The third-order valence-corrected chi connectivity index (χ3v) is 3.12. The highest BCUT2D eigenvalue weighted by Crippen LogP contribution is 2.31. The SMILES string of the molecule is CCOc1ccc(CC2(CN)COC2)cc1F. The van der Waals surface area contributed by atoms with Gasteiger partial charge in [0.1, 0.15) is 0 Å². The van der Waals surface area contributed by atoms with E-state index >= 15 is 0 Å². The lowest BCUT2D eigenvalue weighted by Crippen LogP contribution is -2.49. The van der Waals surface area contributed by atoms with Crippen molar-refractivity contribution in [2.75, 3.05) is 26.4 Å². The normalized spacial score (nSPS) is 17.6. The molecule has 0 saturated carbocycles. The van der Waals surface area contributed by atoms with Crippen LogP contribution in [0.25, 0.3) is 0 Å². The molecule has 0 unspecified atom stereocenters. The first-order valence-electron chi connectivity index (χ1n) is 5.88. The first-order valence-corrected chi connectivity index (χ1v) is 5.88. The zero-order chi connectivity index (χ0) is 12.3.